The summed E-state index contributed by atoms with van der Waals surface area (Å²) in [4.78, 5) is 21.6. The molecule has 3 unspecified atom stereocenters. The highest BCUT2D eigenvalue weighted by molar-refractivity contribution is 5.82. The molecule has 0 bridgehead atoms. The van der Waals surface area contributed by atoms with E-state index >= 15 is 0 Å². The summed E-state index contributed by atoms with van der Waals surface area (Å²) < 4.78 is 14.7. The molecule has 4 rings (SSSR count). The summed E-state index contributed by atoms with van der Waals surface area (Å²) in [6.07, 6.45) is 14.9. The Balaban J connectivity index is 1.39. The highest BCUT2D eigenvalue weighted by Gasteiger charge is 2.35. The molecular weight excluding hydrogens is 329 g/mol. The van der Waals surface area contributed by atoms with Crippen LogP contribution < -0.4 is 0 Å². The van der Waals surface area contributed by atoms with Gasteiger partial charge in [-0.25, -0.2) is 4.39 Å². The van der Waals surface area contributed by atoms with Gasteiger partial charge in [0.25, 0.3) is 0 Å². The molecule has 1 amide bonds. The zero-order chi connectivity index (χ0) is 17.9. The van der Waals surface area contributed by atoms with E-state index in [1.165, 1.54) is 12.8 Å². The number of halogens is 1. The van der Waals surface area contributed by atoms with E-state index in [4.69, 9.17) is 0 Å². The Morgan fingerprint density at radius 3 is 2.77 bits per heavy atom. The number of carbonyl (C=O) groups excluding carboxylic acids is 1. The number of hydrogen-bond acceptors (Lipinski definition) is 3. The Bertz CT molecular complexity index is 660. The van der Waals surface area contributed by atoms with Gasteiger partial charge >= 0.3 is 0 Å². The molecule has 1 aliphatic carbocycles. The first-order valence-electron chi connectivity index (χ1n) is 10.0. The third-order valence-corrected chi connectivity index (χ3v) is 6.13. The van der Waals surface area contributed by atoms with Crippen LogP contribution in [0.4, 0.5) is 4.39 Å². The summed E-state index contributed by atoms with van der Waals surface area (Å²) in [5, 5.41) is 0. The maximum absolute atomic E-state index is 14.7. The molecule has 140 valence electrons. The molecule has 26 heavy (non-hydrogen) atoms. The van der Waals surface area contributed by atoms with Crippen molar-refractivity contribution < 1.29 is 9.18 Å². The van der Waals surface area contributed by atoms with Gasteiger partial charge in [0.1, 0.15) is 5.83 Å². The number of nitrogens with zero attached hydrogens (tertiary/aromatic N) is 3. The Labute approximate surface area is 155 Å². The Kier molecular flexibility index (Phi) is 5.34. The van der Waals surface area contributed by atoms with E-state index in [0.717, 1.165) is 45.4 Å². The second-order valence-electron chi connectivity index (χ2n) is 7.88. The second-order valence-corrected chi connectivity index (χ2v) is 7.88. The molecule has 0 radical (unpaired) electrons. The lowest BCUT2D eigenvalue weighted by atomic mass is 9.86. The van der Waals surface area contributed by atoms with Gasteiger partial charge in [-0.1, -0.05) is 18.2 Å². The average molecular weight is 357 g/mol. The van der Waals surface area contributed by atoms with E-state index in [-0.39, 0.29) is 30.0 Å². The van der Waals surface area contributed by atoms with E-state index in [2.05, 4.69) is 9.89 Å². The van der Waals surface area contributed by atoms with Crippen LogP contribution in [0.1, 0.15) is 38.5 Å². The van der Waals surface area contributed by atoms with Gasteiger partial charge < -0.3 is 9.80 Å². The molecule has 3 heterocycles. The molecule has 0 spiro atoms. The largest absolute Gasteiger partial charge is 0.338 e. The Hall–Kier alpha value is -1.75. The van der Waals surface area contributed by atoms with Gasteiger partial charge in [-0.3, -0.25) is 9.79 Å². The average Bonchev–Trinajstić information content (AvgIpc) is 3.34. The first-order chi connectivity index (χ1) is 12.7. The van der Waals surface area contributed by atoms with E-state index in [1.807, 2.05) is 29.3 Å². The summed E-state index contributed by atoms with van der Waals surface area (Å²) >= 11 is 0. The smallest absolute Gasteiger partial charge is 0.230 e. The fourth-order valence-corrected chi connectivity index (χ4v) is 4.67. The van der Waals surface area contributed by atoms with Gasteiger partial charge in [-0.2, -0.15) is 0 Å². The standard InChI is InChI=1S/C21H28FN3O/c22-20-14-17(5-6-19(20)16-7-9-23-10-8-16)21(26)25-13-3-4-18(25)15-24-11-1-2-12-24/h5-7,9-10,16-18H,1-4,8,11-15H2. The first kappa shape index (κ1) is 17.7. The minimum absolute atomic E-state index is 0.0505. The number of carbonyl (C=O) groups is 1. The van der Waals surface area contributed by atoms with Crippen molar-refractivity contribution in [3.63, 3.8) is 0 Å². The molecule has 0 N–H and O–H groups in total. The number of rotatable bonds is 4. The molecule has 4 aliphatic rings. The maximum Gasteiger partial charge on any atom is 0.230 e. The van der Waals surface area contributed by atoms with Gasteiger partial charge in [0.2, 0.25) is 5.91 Å². The van der Waals surface area contributed by atoms with Gasteiger partial charge in [0, 0.05) is 43.9 Å². The van der Waals surface area contributed by atoms with Crippen molar-refractivity contribution in [1.82, 2.24) is 9.80 Å². The van der Waals surface area contributed by atoms with Crippen molar-refractivity contribution >= 4 is 12.1 Å². The number of amides is 1. The van der Waals surface area contributed by atoms with Crippen molar-refractivity contribution in [2.24, 2.45) is 16.8 Å². The molecule has 2 fully saturated rings. The second kappa shape index (κ2) is 7.87. The molecular formula is C21H28FN3O. The maximum atomic E-state index is 14.7. The van der Waals surface area contributed by atoms with Crippen LogP contribution >= 0.6 is 0 Å². The van der Waals surface area contributed by atoms with E-state index in [1.54, 1.807) is 6.20 Å². The number of allylic oxidation sites excluding steroid dienone is 4. The van der Waals surface area contributed by atoms with Crippen molar-refractivity contribution in [1.29, 1.82) is 0 Å². The van der Waals surface area contributed by atoms with Gasteiger partial charge in [-0.05, 0) is 50.8 Å². The van der Waals surface area contributed by atoms with Crippen LogP contribution in [0.5, 0.6) is 0 Å². The monoisotopic (exact) mass is 357 g/mol. The van der Waals surface area contributed by atoms with E-state index < -0.39 is 0 Å². The lowest BCUT2D eigenvalue weighted by Gasteiger charge is -2.31. The summed E-state index contributed by atoms with van der Waals surface area (Å²) in [5.74, 6) is -0.322. The minimum Gasteiger partial charge on any atom is -0.338 e. The molecule has 5 heteroatoms. The molecule has 0 aromatic carbocycles. The van der Waals surface area contributed by atoms with Gasteiger partial charge in [0.15, 0.2) is 0 Å². The summed E-state index contributed by atoms with van der Waals surface area (Å²) in [7, 11) is 0. The molecule has 0 aromatic rings. The van der Waals surface area contributed by atoms with Gasteiger partial charge in [-0.15, -0.1) is 0 Å². The third kappa shape index (κ3) is 3.68. The van der Waals surface area contributed by atoms with Crippen LogP contribution in [-0.2, 0) is 4.79 Å². The Morgan fingerprint density at radius 1 is 1.19 bits per heavy atom. The summed E-state index contributed by atoms with van der Waals surface area (Å²) in [5.41, 5.74) is 0.714. The zero-order valence-electron chi connectivity index (χ0n) is 15.3. The lowest BCUT2D eigenvalue weighted by molar-refractivity contribution is -0.135. The van der Waals surface area contributed by atoms with Crippen LogP contribution in [0.15, 0.2) is 40.8 Å². The van der Waals surface area contributed by atoms with E-state index in [9.17, 15) is 9.18 Å². The van der Waals surface area contributed by atoms with Crippen LogP contribution in [0.2, 0.25) is 0 Å². The van der Waals surface area contributed by atoms with Crippen molar-refractivity contribution in [3.05, 3.63) is 35.8 Å². The SMILES string of the molecule is O=C(C1C=CC(C2C=CN=CC2)=C(F)C1)N1CCCC1CN1CCCC1. The quantitative estimate of drug-likeness (QED) is 0.772. The van der Waals surface area contributed by atoms with Gasteiger partial charge in [0.05, 0.1) is 5.92 Å². The predicted octanol–water partition coefficient (Wildman–Crippen LogP) is 3.48. The predicted molar refractivity (Wildman–Crippen MR) is 102 cm³/mol. The molecule has 0 aromatic heterocycles. The summed E-state index contributed by atoms with van der Waals surface area (Å²) in [6.45, 7) is 4.11. The number of likely N-dealkylation sites (tertiary alicyclic amines) is 2. The van der Waals surface area contributed by atoms with Crippen LogP contribution in [-0.4, -0.2) is 54.1 Å². The molecule has 3 atom stereocenters. The van der Waals surface area contributed by atoms with Crippen molar-refractivity contribution in [2.45, 2.75) is 44.6 Å². The fraction of sp³-hybridized carbons (Fsp3) is 0.619. The van der Waals surface area contributed by atoms with Crippen LogP contribution in [0.25, 0.3) is 0 Å². The Morgan fingerprint density at radius 2 is 2.04 bits per heavy atom. The fourth-order valence-electron chi connectivity index (χ4n) is 4.67. The molecule has 4 nitrogen and oxygen atoms in total. The number of hydrogen-bond donors (Lipinski definition) is 0. The summed E-state index contributed by atoms with van der Waals surface area (Å²) in [6, 6.07) is 0.305. The van der Waals surface area contributed by atoms with Crippen LogP contribution in [0.3, 0.4) is 0 Å². The third-order valence-electron chi connectivity index (χ3n) is 6.13. The first-order valence-corrected chi connectivity index (χ1v) is 10.0. The van der Waals surface area contributed by atoms with E-state index in [0.29, 0.717) is 11.6 Å². The topological polar surface area (TPSA) is 35.9 Å². The van der Waals surface area contributed by atoms with Crippen LogP contribution in [0, 0.1) is 11.8 Å². The zero-order valence-corrected chi connectivity index (χ0v) is 15.3. The minimum atomic E-state index is -0.348. The normalized spacial score (nSPS) is 32.0. The molecule has 0 saturated carbocycles. The highest BCUT2D eigenvalue weighted by Crippen LogP contribution is 2.34. The molecule has 2 saturated heterocycles. The van der Waals surface area contributed by atoms with Crippen molar-refractivity contribution in [2.75, 3.05) is 26.2 Å². The molecule has 3 aliphatic heterocycles. The number of aliphatic imine (C=N–C) groups is 1. The highest BCUT2D eigenvalue weighted by atomic mass is 19.1. The van der Waals surface area contributed by atoms with Crippen molar-refractivity contribution in [3.8, 4) is 0 Å². The lowest BCUT2D eigenvalue weighted by Crippen LogP contribution is -2.45.